The third-order valence-electron chi connectivity index (χ3n) is 3.59. The molecule has 0 saturated heterocycles. The minimum absolute atomic E-state index is 0.0406. The lowest BCUT2D eigenvalue weighted by molar-refractivity contribution is 0.118. The molecule has 0 aliphatic carbocycles. The Balaban J connectivity index is 2.48. The van der Waals surface area contributed by atoms with E-state index in [2.05, 4.69) is 11.9 Å². The van der Waals surface area contributed by atoms with Crippen molar-refractivity contribution in [1.29, 1.82) is 10.5 Å². The second kappa shape index (κ2) is 7.96. The number of nitrogen functional groups attached to an aromatic ring is 1. The van der Waals surface area contributed by atoms with Crippen molar-refractivity contribution >= 4 is 5.82 Å². The Morgan fingerprint density at radius 1 is 1.25 bits per heavy atom. The van der Waals surface area contributed by atoms with Crippen molar-refractivity contribution in [2.24, 2.45) is 0 Å². The minimum atomic E-state index is -0.603. The minimum Gasteiger partial charge on any atom is -0.384 e. The van der Waals surface area contributed by atoms with Crippen LogP contribution in [0.15, 0.2) is 29.1 Å². The van der Waals surface area contributed by atoms with Gasteiger partial charge in [0.25, 0.3) is 5.56 Å². The molecule has 1 aromatic carbocycles. The average molecular weight is 322 g/mol. The molecule has 0 spiro atoms. The van der Waals surface area contributed by atoms with Crippen LogP contribution in [0, 0.1) is 22.7 Å². The van der Waals surface area contributed by atoms with Gasteiger partial charge < -0.3 is 15.5 Å². The summed E-state index contributed by atoms with van der Waals surface area (Å²) in [5, 5.41) is 18.7. The van der Waals surface area contributed by atoms with Crippen LogP contribution in [-0.4, -0.2) is 11.6 Å². The smallest absolute Gasteiger partial charge is 0.268 e. The predicted molar refractivity (Wildman–Crippen MR) is 90.9 cm³/mol. The van der Waals surface area contributed by atoms with Crippen LogP contribution >= 0.6 is 0 Å². The van der Waals surface area contributed by atoms with Gasteiger partial charge in [0.1, 0.15) is 29.1 Å². The molecule has 0 aliphatic heterocycles. The Morgan fingerprint density at radius 2 is 2.00 bits per heavy atom. The number of unbranched alkanes of at least 4 members (excludes halogenated alkanes) is 1. The molecule has 122 valence electrons. The first kappa shape index (κ1) is 17.3. The van der Waals surface area contributed by atoms with Crippen LogP contribution in [0.25, 0.3) is 11.1 Å². The molecule has 0 unspecified atom stereocenters. The third-order valence-corrected chi connectivity index (χ3v) is 3.59. The fraction of sp³-hybridized carbons (Fsp3) is 0.278. The van der Waals surface area contributed by atoms with Crippen LogP contribution in [0.5, 0.6) is 0 Å². The van der Waals surface area contributed by atoms with E-state index in [1.54, 1.807) is 12.1 Å². The number of aromatic nitrogens is 1. The Hall–Kier alpha value is -3.09. The van der Waals surface area contributed by atoms with Gasteiger partial charge in [0.15, 0.2) is 0 Å². The number of nitrogens with one attached hydrogen (secondary N) is 1. The number of hydrogen-bond acceptors (Lipinski definition) is 5. The first-order valence-electron chi connectivity index (χ1n) is 7.65. The lowest BCUT2D eigenvalue weighted by Crippen LogP contribution is -2.16. The van der Waals surface area contributed by atoms with Crippen LogP contribution in [0.1, 0.15) is 36.5 Å². The zero-order valence-electron chi connectivity index (χ0n) is 13.4. The van der Waals surface area contributed by atoms with Crippen LogP contribution < -0.4 is 11.3 Å². The second-order valence-corrected chi connectivity index (χ2v) is 5.32. The zero-order valence-corrected chi connectivity index (χ0v) is 13.4. The number of benzene rings is 1. The molecule has 1 heterocycles. The number of anilines is 1. The highest BCUT2D eigenvalue weighted by Crippen LogP contribution is 2.28. The van der Waals surface area contributed by atoms with Crippen molar-refractivity contribution in [3.63, 3.8) is 0 Å². The summed E-state index contributed by atoms with van der Waals surface area (Å²) in [6.07, 6.45) is 2.05. The number of hydrogen-bond donors (Lipinski definition) is 2. The summed E-state index contributed by atoms with van der Waals surface area (Å²) in [6.45, 7) is 3.19. The molecule has 3 N–H and O–H groups in total. The number of ether oxygens (including phenoxy) is 1. The molecule has 0 aliphatic rings. The molecule has 0 saturated carbocycles. The van der Waals surface area contributed by atoms with Crippen LogP contribution in [0.3, 0.4) is 0 Å². The summed E-state index contributed by atoms with van der Waals surface area (Å²) in [5.41, 5.74) is 6.86. The predicted octanol–water partition coefficient (Wildman–Crippen LogP) is 2.68. The second-order valence-electron chi connectivity index (χ2n) is 5.32. The molecule has 6 nitrogen and oxygen atoms in total. The third kappa shape index (κ3) is 3.62. The van der Waals surface area contributed by atoms with Crippen molar-refractivity contribution in [2.45, 2.75) is 26.4 Å². The Morgan fingerprint density at radius 3 is 2.67 bits per heavy atom. The molecule has 2 aromatic rings. The first-order chi connectivity index (χ1) is 11.6. The number of nitriles is 2. The summed E-state index contributed by atoms with van der Waals surface area (Å²) < 4.78 is 5.59. The van der Waals surface area contributed by atoms with Gasteiger partial charge in [0.2, 0.25) is 0 Å². The lowest BCUT2D eigenvalue weighted by atomic mass is 9.95. The van der Waals surface area contributed by atoms with Gasteiger partial charge >= 0.3 is 0 Å². The molecule has 0 bridgehead atoms. The first-order valence-corrected chi connectivity index (χ1v) is 7.65. The molecule has 0 atom stereocenters. The summed E-state index contributed by atoms with van der Waals surface area (Å²) >= 11 is 0. The number of pyridine rings is 1. The van der Waals surface area contributed by atoms with E-state index in [1.165, 1.54) is 0 Å². The van der Waals surface area contributed by atoms with Crippen molar-refractivity contribution in [3.05, 3.63) is 51.3 Å². The van der Waals surface area contributed by atoms with E-state index in [-0.39, 0.29) is 22.5 Å². The van der Waals surface area contributed by atoms with Gasteiger partial charge in [-0.2, -0.15) is 10.5 Å². The van der Waals surface area contributed by atoms with Gasteiger partial charge in [0.05, 0.1) is 6.61 Å². The van der Waals surface area contributed by atoms with E-state index in [0.29, 0.717) is 18.8 Å². The summed E-state index contributed by atoms with van der Waals surface area (Å²) in [6, 6.07) is 11.1. The quantitative estimate of drug-likeness (QED) is 0.793. The van der Waals surface area contributed by atoms with Gasteiger partial charge in [-0.05, 0) is 23.6 Å². The van der Waals surface area contributed by atoms with Crippen LogP contribution in [0.2, 0.25) is 0 Å². The van der Waals surface area contributed by atoms with Crippen molar-refractivity contribution in [2.75, 3.05) is 12.3 Å². The number of nitrogens with two attached hydrogens (primary N) is 1. The molecule has 0 radical (unpaired) electrons. The van der Waals surface area contributed by atoms with Crippen LogP contribution in [-0.2, 0) is 11.3 Å². The maximum Gasteiger partial charge on any atom is 0.268 e. The van der Waals surface area contributed by atoms with E-state index in [0.717, 1.165) is 18.4 Å². The zero-order chi connectivity index (χ0) is 17.5. The van der Waals surface area contributed by atoms with Gasteiger partial charge in [-0.1, -0.05) is 31.5 Å². The van der Waals surface area contributed by atoms with E-state index < -0.39 is 5.56 Å². The van der Waals surface area contributed by atoms with Gasteiger partial charge in [0, 0.05) is 12.2 Å². The standard InChI is InChI=1S/C18H18N4O2/c1-2-3-7-24-11-12-5-4-6-13(8-12)16-14(9-19)17(21)22-18(23)15(16)10-20/h4-6,8H,2-3,7,11H2,1H3,(H3,21,22,23). The number of aromatic amines is 1. The molecule has 1 aromatic heterocycles. The average Bonchev–Trinajstić information content (AvgIpc) is 2.58. The highest BCUT2D eigenvalue weighted by Gasteiger charge is 2.18. The van der Waals surface area contributed by atoms with E-state index >= 15 is 0 Å². The number of H-pyrrole nitrogens is 1. The van der Waals surface area contributed by atoms with E-state index in [4.69, 9.17) is 10.5 Å². The Bertz CT molecular complexity index is 872. The van der Waals surface area contributed by atoms with Gasteiger partial charge in [-0.15, -0.1) is 0 Å². The van der Waals surface area contributed by atoms with Gasteiger partial charge in [-0.3, -0.25) is 4.79 Å². The lowest BCUT2D eigenvalue weighted by Gasteiger charge is -2.10. The SMILES string of the molecule is CCCCOCc1cccc(-c2c(C#N)c(N)[nH]c(=O)c2C#N)c1. The topological polar surface area (TPSA) is 116 Å². The maximum atomic E-state index is 12.0. The van der Waals surface area contributed by atoms with E-state index in [1.807, 2.05) is 24.3 Å². The molecule has 0 fully saturated rings. The molecule has 24 heavy (non-hydrogen) atoms. The van der Waals surface area contributed by atoms with Crippen LogP contribution in [0.4, 0.5) is 5.82 Å². The fourth-order valence-electron chi connectivity index (χ4n) is 2.39. The summed E-state index contributed by atoms with van der Waals surface area (Å²) in [5.74, 6) is -0.0406. The number of rotatable bonds is 6. The Kier molecular flexibility index (Phi) is 5.73. The largest absolute Gasteiger partial charge is 0.384 e. The number of nitrogens with zero attached hydrogens (tertiary/aromatic N) is 2. The van der Waals surface area contributed by atoms with Crippen molar-refractivity contribution in [3.8, 4) is 23.3 Å². The monoisotopic (exact) mass is 322 g/mol. The Labute approximate surface area is 140 Å². The van der Waals surface area contributed by atoms with E-state index in [9.17, 15) is 15.3 Å². The molecule has 6 heteroatoms. The molecule has 2 rings (SSSR count). The fourth-order valence-corrected chi connectivity index (χ4v) is 2.39. The van der Waals surface area contributed by atoms with Gasteiger partial charge in [-0.25, -0.2) is 0 Å². The normalized spacial score (nSPS) is 10.1. The van der Waals surface area contributed by atoms with Crippen molar-refractivity contribution in [1.82, 2.24) is 4.98 Å². The summed E-state index contributed by atoms with van der Waals surface area (Å²) in [4.78, 5) is 14.3. The highest BCUT2D eigenvalue weighted by atomic mass is 16.5. The molecule has 0 amide bonds. The highest BCUT2D eigenvalue weighted by molar-refractivity contribution is 5.80. The summed E-state index contributed by atoms with van der Waals surface area (Å²) in [7, 11) is 0. The maximum absolute atomic E-state index is 12.0. The molecular formula is C18H18N4O2. The van der Waals surface area contributed by atoms with Crippen molar-refractivity contribution < 1.29 is 4.74 Å². The molecular weight excluding hydrogens is 304 g/mol.